The Labute approximate surface area is 151 Å². The maximum Gasteiger partial charge on any atom is 0.206 e. The predicted molar refractivity (Wildman–Crippen MR) is 101 cm³/mol. The summed E-state index contributed by atoms with van der Waals surface area (Å²) in [6.07, 6.45) is 1.25. The molecule has 0 radical (unpaired) electrons. The van der Waals surface area contributed by atoms with Crippen molar-refractivity contribution >= 4 is 9.84 Å². The van der Waals surface area contributed by atoms with E-state index < -0.39 is 9.84 Å². The first kappa shape index (κ1) is 21.0. The average molecular weight is 365 g/mol. The topological polar surface area (TPSA) is 52.6 Å². The molecule has 4 nitrogen and oxygen atoms in total. The Morgan fingerprint density at radius 1 is 0.800 bits per heavy atom. The molecule has 0 aliphatic carbocycles. The Morgan fingerprint density at radius 3 is 1.48 bits per heavy atom. The zero-order valence-electron chi connectivity index (χ0n) is 15.9. The molecule has 0 saturated carbocycles. The highest BCUT2D eigenvalue weighted by Crippen LogP contribution is 2.26. The lowest BCUT2D eigenvalue weighted by atomic mass is 10.2. The van der Waals surface area contributed by atoms with Crippen LogP contribution in [0.25, 0.3) is 0 Å². The number of rotatable bonds is 4. The molecule has 138 valence electrons. The third-order valence-electron chi connectivity index (χ3n) is 2.93. The van der Waals surface area contributed by atoms with Gasteiger partial charge in [-0.1, -0.05) is 20.3 Å². The molecule has 25 heavy (non-hydrogen) atoms. The third kappa shape index (κ3) is 6.42. The molecule has 0 atom stereocenters. The summed E-state index contributed by atoms with van der Waals surface area (Å²) in [7, 11) is -2.00. The first-order valence-corrected chi connectivity index (χ1v) is 9.80. The van der Waals surface area contributed by atoms with Gasteiger partial charge in [-0.2, -0.15) is 0 Å². The van der Waals surface area contributed by atoms with Gasteiger partial charge in [-0.25, -0.2) is 8.42 Å². The van der Waals surface area contributed by atoms with Crippen LogP contribution in [-0.2, 0) is 9.84 Å². The molecule has 2 rings (SSSR count). The summed E-state index contributed by atoms with van der Waals surface area (Å²) in [5.74, 6) is 1.26. The largest absolute Gasteiger partial charge is 0.497 e. The zero-order chi connectivity index (χ0) is 19.1. The molecule has 0 unspecified atom stereocenters. The molecule has 2 aromatic rings. The summed E-state index contributed by atoms with van der Waals surface area (Å²) in [5.41, 5.74) is -0.323. The van der Waals surface area contributed by atoms with Crippen LogP contribution in [0, 0.1) is 0 Å². The maximum absolute atomic E-state index is 12.5. The highest BCUT2D eigenvalue weighted by atomic mass is 32.2. The minimum Gasteiger partial charge on any atom is -0.497 e. The van der Waals surface area contributed by atoms with Crippen molar-refractivity contribution in [3.63, 3.8) is 0 Å². The fraction of sp³-hybridized carbons (Fsp3) is 0.400. The Morgan fingerprint density at radius 2 is 1.16 bits per heavy atom. The molecule has 0 heterocycles. The second-order valence-electron chi connectivity index (χ2n) is 6.57. The van der Waals surface area contributed by atoms with E-state index in [1.54, 1.807) is 36.4 Å². The van der Waals surface area contributed by atoms with Gasteiger partial charge < -0.3 is 9.47 Å². The first-order chi connectivity index (χ1) is 11.6. The van der Waals surface area contributed by atoms with Crippen LogP contribution < -0.4 is 9.47 Å². The van der Waals surface area contributed by atoms with E-state index in [0.717, 1.165) is 0 Å². The molecular formula is C20H28O4S. The van der Waals surface area contributed by atoms with Crippen LogP contribution in [0.1, 0.15) is 41.0 Å². The monoisotopic (exact) mass is 364 g/mol. The van der Waals surface area contributed by atoms with Crippen molar-refractivity contribution in [1.82, 2.24) is 0 Å². The highest BCUT2D eigenvalue weighted by molar-refractivity contribution is 7.91. The van der Waals surface area contributed by atoms with E-state index in [9.17, 15) is 8.42 Å². The van der Waals surface area contributed by atoms with Crippen molar-refractivity contribution in [3.05, 3.63) is 48.5 Å². The van der Waals surface area contributed by atoms with Crippen LogP contribution in [0.15, 0.2) is 58.3 Å². The fourth-order valence-corrected chi connectivity index (χ4v) is 3.19. The van der Waals surface area contributed by atoms with Gasteiger partial charge in [0.25, 0.3) is 0 Å². The van der Waals surface area contributed by atoms with Gasteiger partial charge in [0.1, 0.15) is 17.1 Å². The Bertz CT molecular complexity index is 740. The minimum atomic E-state index is -3.54. The van der Waals surface area contributed by atoms with Crippen LogP contribution >= 0.6 is 0 Å². The Hall–Kier alpha value is -2.01. The van der Waals surface area contributed by atoms with E-state index in [1.165, 1.54) is 25.7 Å². The van der Waals surface area contributed by atoms with Crippen LogP contribution in [0.4, 0.5) is 0 Å². The van der Waals surface area contributed by atoms with Crippen molar-refractivity contribution in [2.45, 2.75) is 56.4 Å². The summed E-state index contributed by atoms with van der Waals surface area (Å²) in [6, 6.07) is 12.8. The van der Waals surface area contributed by atoms with Crippen molar-refractivity contribution in [2.24, 2.45) is 0 Å². The number of methoxy groups -OCH3 is 1. The van der Waals surface area contributed by atoms with E-state index in [-0.39, 0.29) is 15.4 Å². The fourth-order valence-electron chi connectivity index (χ4n) is 1.93. The SMILES string of the molecule is CCC.COc1ccc(S(=O)(=O)c2ccc(OC(C)(C)C)cc2)cc1. The van der Waals surface area contributed by atoms with Crippen LogP contribution in [-0.4, -0.2) is 21.1 Å². The quantitative estimate of drug-likeness (QED) is 0.755. The molecule has 0 spiro atoms. The van der Waals surface area contributed by atoms with Gasteiger partial charge in [0.2, 0.25) is 9.84 Å². The lowest BCUT2D eigenvalue weighted by Crippen LogP contribution is -2.22. The average Bonchev–Trinajstić information content (AvgIpc) is 2.54. The summed E-state index contributed by atoms with van der Waals surface area (Å²) in [6.45, 7) is 10.1. The van der Waals surface area contributed by atoms with Gasteiger partial charge in [0.05, 0.1) is 16.9 Å². The molecule has 0 saturated heterocycles. The normalized spacial score (nSPS) is 11.3. The van der Waals surface area contributed by atoms with Crippen molar-refractivity contribution in [2.75, 3.05) is 7.11 Å². The third-order valence-corrected chi connectivity index (χ3v) is 4.71. The Kier molecular flexibility index (Phi) is 7.49. The maximum atomic E-state index is 12.5. The number of hydrogen-bond donors (Lipinski definition) is 0. The molecule has 0 bridgehead atoms. The zero-order valence-corrected chi connectivity index (χ0v) is 16.7. The number of hydrogen-bond acceptors (Lipinski definition) is 4. The molecule has 0 aliphatic rings. The lowest BCUT2D eigenvalue weighted by molar-refractivity contribution is 0.131. The molecule has 0 amide bonds. The molecule has 0 fully saturated rings. The molecular weight excluding hydrogens is 336 g/mol. The molecule has 2 aromatic carbocycles. The van der Waals surface area contributed by atoms with Gasteiger partial charge in [-0.15, -0.1) is 0 Å². The van der Waals surface area contributed by atoms with E-state index >= 15 is 0 Å². The van der Waals surface area contributed by atoms with E-state index in [4.69, 9.17) is 9.47 Å². The van der Waals surface area contributed by atoms with Gasteiger partial charge in [-0.05, 0) is 69.3 Å². The van der Waals surface area contributed by atoms with Crippen molar-refractivity contribution in [3.8, 4) is 11.5 Å². The van der Waals surface area contributed by atoms with Gasteiger partial charge in [0, 0.05) is 0 Å². The molecule has 0 aromatic heterocycles. The number of benzene rings is 2. The minimum absolute atomic E-state index is 0.234. The number of sulfone groups is 1. The predicted octanol–water partition coefficient (Wildman–Crippen LogP) is 5.12. The standard InChI is InChI=1S/C17H20O4S.C3H8/c1-17(2,3)21-14-7-11-16(12-8-14)22(18,19)15-9-5-13(20-4)6-10-15;1-3-2/h5-12H,1-4H3;3H2,1-2H3. The first-order valence-electron chi connectivity index (χ1n) is 8.32. The van der Waals surface area contributed by atoms with Gasteiger partial charge >= 0.3 is 0 Å². The Balaban J connectivity index is 0.000000970. The molecule has 0 aliphatic heterocycles. The second kappa shape index (κ2) is 8.90. The number of ether oxygens (including phenoxy) is 2. The smallest absolute Gasteiger partial charge is 0.206 e. The summed E-state index contributed by atoms with van der Waals surface area (Å²) < 4.78 is 35.8. The highest BCUT2D eigenvalue weighted by Gasteiger charge is 2.18. The van der Waals surface area contributed by atoms with Crippen LogP contribution in [0.5, 0.6) is 11.5 Å². The van der Waals surface area contributed by atoms with Crippen molar-refractivity contribution < 1.29 is 17.9 Å². The lowest BCUT2D eigenvalue weighted by Gasteiger charge is -2.21. The second-order valence-corrected chi connectivity index (χ2v) is 8.52. The van der Waals surface area contributed by atoms with E-state index in [2.05, 4.69) is 13.8 Å². The molecule has 0 N–H and O–H groups in total. The summed E-state index contributed by atoms with van der Waals surface area (Å²) in [4.78, 5) is 0.469. The summed E-state index contributed by atoms with van der Waals surface area (Å²) >= 11 is 0. The van der Waals surface area contributed by atoms with E-state index in [0.29, 0.717) is 11.5 Å². The van der Waals surface area contributed by atoms with Crippen LogP contribution in [0.3, 0.4) is 0 Å². The van der Waals surface area contributed by atoms with Gasteiger partial charge in [-0.3, -0.25) is 0 Å². The van der Waals surface area contributed by atoms with Crippen molar-refractivity contribution in [1.29, 1.82) is 0 Å². The van der Waals surface area contributed by atoms with Gasteiger partial charge in [0.15, 0.2) is 0 Å². The summed E-state index contributed by atoms with van der Waals surface area (Å²) in [5, 5.41) is 0. The van der Waals surface area contributed by atoms with Crippen LogP contribution in [0.2, 0.25) is 0 Å². The van der Waals surface area contributed by atoms with E-state index in [1.807, 2.05) is 20.8 Å². The molecule has 5 heteroatoms.